The molecule has 2 aliphatic carbocycles. The highest BCUT2D eigenvalue weighted by molar-refractivity contribution is 6.10. The van der Waals surface area contributed by atoms with E-state index in [1.54, 1.807) is 0 Å². The van der Waals surface area contributed by atoms with Gasteiger partial charge in [0.25, 0.3) is 0 Å². The van der Waals surface area contributed by atoms with Gasteiger partial charge in [0.2, 0.25) is 0 Å². The van der Waals surface area contributed by atoms with Gasteiger partial charge in [-0.1, -0.05) is 121 Å². The predicted octanol–water partition coefficient (Wildman–Crippen LogP) is 15.1. The van der Waals surface area contributed by atoms with Gasteiger partial charge in [-0.25, -0.2) is 0 Å². The molecular formula is C57H43N3. The summed E-state index contributed by atoms with van der Waals surface area (Å²) in [7, 11) is 0. The zero-order valence-corrected chi connectivity index (χ0v) is 33.4. The molecule has 1 spiro atoms. The van der Waals surface area contributed by atoms with Crippen molar-refractivity contribution in [3.05, 3.63) is 235 Å². The molecule has 3 heteroatoms. The molecule has 2 aliphatic rings. The first-order valence-electron chi connectivity index (χ1n) is 21.3. The van der Waals surface area contributed by atoms with Crippen molar-refractivity contribution >= 4 is 66.7 Å². The van der Waals surface area contributed by atoms with Crippen LogP contribution in [-0.4, -0.2) is 4.57 Å². The Kier molecular flexibility index (Phi) is 8.02. The molecule has 0 radical (unpaired) electrons. The Balaban J connectivity index is 1.00. The summed E-state index contributed by atoms with van der Waals surface area (Å²) in [6, 6.07) is 78.3. The number of hydrogen-bond donors (Lipinski definition) is 0. The number of rotatable bonds is 7. The molecule has 0 N–H and O–H groups in total. The molecule has 10 aromatic rings. The molecule has 0 bridgehead atoms. The predicted molar refractivity (Wildman–Crippen MR) is 252 cm³/mol. The molecule has 1 atom stereocenters. The first kappa shape index (κ1) is 34.7. The maximum Gasteiger partial charge on any atom is 0.0542 e. The smallest absolute Gasteiger partial charge is 0.0542 e. The molecule has 12 rings (SSSR count). The minimum atomic E-state index is -0.0484. The lowest BCUT2D eigenvalue weighted by atomic mass is 9.76. The maximum atomic E-state index is 2.54. The SMILES string of the molecule is c1ccc(N(c2ccc3c(c2)[C@@]2(CC3)CCc3ccc(N(c4ccccc4)c4cccc5ccccc45)cc32)c2ccc3c(c2)c2ccccc2n3-c2ccccc2)cc1. The topological polar surface area (TPSA) is 11.4 Å². The van der Waals surface area contributed by atoms with E-state index >= 15 is 0 Å². The second-order valence-electron chi connectivity index (χ2n) is 16.5. The highest BCUT2D eigenvalue weighted by Crippen LogP contribution is 2.55. The zero-order chi connectivity index (χ0) is 39.6. The van der Waals surface area contributed by atoms with E-state index in [2.05, 4.69) is 227 Å². The molecule has 0 aliphatic heterocycles. The Morgan fingerprint density at radius 3 is 1.58 bits per heavy atom. The van der Waals surface area contributed by atoms with Crippen LogP contribution in [0.2, 0.25) is 0 Å². The first-order chi connectivity index (χ1) is 29.7. The minimum Gasteiger partial charge on any atom is -0.310 e. The third kappa shape index (κ3) is 5.43. The molecule has 9 aromatic carbocycles. The Hall–Kier alpha value is -7.36. The molecule has 286 valence electrons. The minimum absolute atomic E-state index is 0.0484. The molecule has 60 heavy (non-hydrogen) atoms. The van der Waals surface area contributed by atoms with E-state index in [0.717, 1.165) is 42.7 Å². The first-order valence-corrected chi connectivity index (χ1v) is 21.3. The van der Waals surface area contributed by atoms with E-state index in [1.807, 2.05) is 0 Å². The van der Waals surface area contributed by atoms with Crippen LogP contribution in [0.3, 0.4) is 0 Å². The summed E-state index contributed by atoms with van der Waals surface area (Å²) >= 11 is 0. The number of aromatic nitrogens is 1. The van der Waals surface area contributed by atoms with Gasteiger partial charge >= 0.3 is 0 Å². The fourth-order valence-electron chi connectivity index (χ4n) is 10.6. The van der Waals surface area contributed by atoms with E-state index in [1.165, 1.54) is 77.6 Å². The zero-order valence-electron chi connectivity index (χ0n) is 33.4. The van der Waals surface area contributed by atoms with Crippen LogP contribution >= 0.6 is 0 Å². The molecular weight excluding hydrogens is 727 g/mol. The van der Waals surface area contributed by atoms with Gasteiger partial charge in [0.1, 0.15) is 0 Å². The number of para-hydroxylation sites is 4. The fourth-order valence-corrected chi connectivity index (χ4v) is 10.6. The number of aryl methyl sites for hydroxylation is 2. The van der Waals surface area contributed by atoms with Crippen molar-refractivity contribution in [2.45, 2.75) is 31.1 Å². The second-order valence-corrected chi connectivity index (χ2v) is 16.5. The fraction of sp³-hybridized carbons (Fsp3) is 0.0877. The number of hydrogen-bond acceptors (Lipinski definition) is 2. The Morgan fingerprint density at radius 2 is 0.883 bits per heavy atom. The van der Waals surface area contributed by atoms with Crippen molar-refractivity contribution in [1.29, 1.82) is 0 Å². The molecule has 0 fully saturated rings. The van der Waals surface area contributed by atoms with E-state index < -0.39 is 0 Å². The van der Waals surface area contributed by atoms with Crippen molar-refractivity contribution in [1.82, 2.24) is 4.57 Å². The van der Waals surface area contributed by atoms with Crippen LogP contribution in [-0.2, 0) is 18.3 Å². The third-order valence-corrected chi connectivity index (χ3v) is 13.3. The molecule has 3 nitrogen and oxygen atoms in total. The number of fused-ring (bicyclic) bond motifs is 8. The van der Waals surface area contributed by atoms with Gasteiger partial charge in [-0.2, -0.15) is 0 Å². The van der Waals surface area contributed by atoms with Crippen LogP contribution in [0.1, 0.15) is 35.1 Å². The molecule has 0 amide bonds. The largest absolute Gasteiger partial charge is 0.310 e. The average Bonchev–Trinajstić information content (AvgIpc) is 3.99. The molecule has 1 heterocycles. The number of benzene rings is 9. The molecule has 1 aromatic heterocycles. The summed E-state index contributed by atoms with van der Waals surface area (Å²) < 4.78 is 2.39. The van der Waals surface area contributed by atoms with E-state index in [0.29, 0.717) is 0 Å². The van der Waals surface area contributed by atoms with Crippen molar-refractivity contribution in [2.75, 3.05) is 9.80 Å². The summed E-state index contributed by atoms with van der Waals surface area (Å²) in [5.41, 5.74) is 16.5. The Morgan fingerprint density at radius 1 is 0.367 bits per heavy atom. The van der Waals surface area contributed by atoms with Crippen LogP contribution in [0, 0.1) is 0 Å². The van der Waals surface area contributed by atoms with E-state index in [4.69, 9.17) is 0 Å². The van der Waals surface area contributed by atoms with Gasteiger partial charge in [-0.15, -0.1) is 0 Å². The summed E-state index contributed by atoms with van der Waals surface area (Å²) in [4.78, 5) is 4.92. The molecule has 0 saturated carbocycles. The standard InChI is InChI=1S/C57H43N3/c1-4-17-43(18-5-1)58(46-31-32-56-51(37-46)50-24-12-13-25-55(50)60(56)45-21-8-3-9-22-45)47-29-27-41-33-35-57(52(41)38-47)36-34-42-28-30-48(39-53(42)57)59(44-19-6-2-7-20-44)54-26-14-16-40-15-10-11-23-49(40)54/h1-32,37-39H,33-36H2/t57-/m1/s1. The van der Waals surface area contributed by atoms with Crippen molar-refractivity contribution in [2.24, 2.45) is 0 Å². The van der Waals surface area contributed by atoms with Crippen LogP contribution < -0.4 is 9.80 Å². The summed E-state index contributed by atoms with van der Waals surface area (Å²) in [5, 5.41) is 5.00. The summed E-state index contributed by atoms with van der Waals surface area (Å²) in [6.07, 6.45) is 4.42. The lowest BCUT2D eigenvalue weighted by Crippen LogP contribution is -2.22. The van der Waals surface area contributed by atoms with E-state index in [9.17, 15) is 0 Å². The molecule has 0 saturated heterocycles. The van der Waals surface area contributed by atoms with E-state index in [-0.39, 0.29) is 5.41 Å². The van der Waals surface area contributed by atoms with Crippen LogP contribution in [0.4, 0.5) is 34.1 Å². The summed E-state index contributed by atoms with van der Waals surface area (Å²) in [6.45, 7) is 0. The highest BCUT2D eigenvalue weighted by atomic mass is 15.1. The van der Waals surface area contributed by atoms with Gasteiger partial charge in [0.15, 0.2) is 0 Å². The lowest BCUT2D eigenvalue weighted by molar-refractivity contribution is 0.507. The summed E-state index contributed by atoms with van der Waals surface area (Å²) in [5.74, 6) is 0. The van der Waals surface area contributed by atoms with Crippen LogP contribution in [0.5, 0.6) is 0 Å². The monoisotopic (exact) mass is 769 g/mol. The second kappa shape index (κ2) is 13.9. The van der Waals surface area contributed by atoms with Crippen LogP contribution in [0.15, 0.2) is 212 Å². The average molecular weight is 770 g/mol. The van der Waals surface area contributed by atoms with Gasteiger partial charge in [-0.05, 0) is 144 Å². The Bertz CT molecular complexity index is 3210. The lowest BCUT2D eigenvalue weighted by Gasteiger charge is -2.32. The van der Waals surface area contributed by atoms with Gasteiger partial charge in [0, 0.05) is 55.7 Å². The van der Waals surface area contributed by atoms with Crippen LogP contribution in [0.25, 0.3) is 38.3 Å². The Labute approximate surface area is 351 Å². The third-order valence-electron chi connectivity index (χ3n) is 13.3. The van der Waals surface area contributed by atoms with Crippen molar-refractivity contribution in [3.63, 3.8) is 0 Å². The van der Waals surface area contributed by atoms with Gasteiger partial charge in [0.05, 0.1) is 16.7 Å². The van der Waals surface area contributed by atoms with Crippen molar-refractivity contribution < 1.29 is 0 Å². The number of anilines is 6. The van der Waals surface area contributed by atoms with Gasteiger partial charge < -0.3 is 14.4 Å². The highest BCUT2D eigenvalue weighted by Gasteiger charge is 2.45. The molecule has 0 unspecified atom stereocenters. The van der Waals surface area contributed by atoms with Gasteiger partial charge in [-0.3, -0.25) is 0 Å². The maximum absolute atomic E-state index is 2.54. The van der Waals surface area contributed by atoms with Crippen molar-refractivity contribution in [3.8, 4) is 5.69 Å². The normalized spacial score (nSPS) is 15.5. The number of nitrogens with zero attached hydrogens (tertiary/aromatic N) is 3. The quantitative estimate of drug-likeness (QED) is 0.160.